The monoisotopic (exact) mass is 252 g/mol. The predicted molar refractivity (Wildman–Crippen MR) is 80.2 cm³/mol. The maximum atomic E-state index is 14.1. The normalized spacial score (nSPS) is 16.6. The van der Waals surface area contributed by atoms with Gasteiger partial charge in [-0.05, 0) is 41.7 Å². The van der Waals surface area contributed by atoms with Crippen LogP contribution in [0.3, 0.4) is 0 Å². The van der Waals surface area contributed by atoms with Crippen LogP contribution in [0.1, 0.15) is 54.4 Å². The Bertz CT molecular complexity index is 321. The topological polar surface area (TPSA) is 0 Å². The zero-order chi connectivity index (χ0) is 14.3. The summed E-state index contributed by atoms with van der Waals surface area (Å²) in [5.41, 5.74) is 0.482. The fraction of sp³-hybridized carbons (Fsp3) is 0.647. The molecule has 0 rings (SSSR count). The van der Waals surface area contributed by atoms with Crippen LogP contribution in [0.25, 0.3) is 0 Å². The SMILES string of the molecule is C=C(/C(F)=C\C(C)(CC)CC=CC(C)C)C(C)C. The molecule has 0 heterocycles. The molecule has 0 aromatic rings. The maximum Gasteiger partial charge on any atom is 0.122 e. The molecule has 0 aliphatic rings. The van der Waals surface area contributed by atoms with Gasteiger partial charge in [0.25, 0.3) is 0 Å². The molecule has 0 bridgehead atoms. The van der Waals surface area contributed by atoms with Crippen molar-refractivity contribution < 1.29 is 4.39 Å². The van der Waals surface area contributed by atoms with Crippen LogP contribution >= 0.6 is 0 Å². The van der Waals surface area contributed by atoms with Crippen molar-refractivity contribution in [2.24, 2.45) is 17.3 Å². The molecule has 0 spiro atoms. The number of rotatable bonds is 7. The minimum atomic E-state index is -0.146. The summed E-state index contributed by atoms with van der Waals surface area (Å²) in [6, 6.07) is 0. The molecule has 0 aliphatic heterocycles. The van der Waals surface area contributed by atoms with Crippen molar-refractivity contribution in [3.8, 4) is 0 Å². The van der Waals surface area contributed by atoms with E-state index in [2.05, 4.69) is 46.4 Å². The highest BCUT2D eigenvalue weighted by atomic mass is 19.1. The Labute approximate surface area is 113 Å². The van der Waals surface area contributed by atoms with E-state index < -0.39 is 0 Å². The molecule has 0 aromatic carbocycles. The van der Waals surface area contributed by atoms with Crippen molar-refractivity contribution in [2.75, 3.05) is 0 Å². The van der Waals surface area contributed by atoms with Crippen LogP contribution in [0.5, 0.6) is 0 Å². The molecular weight excluding hydrogens is 223 g/mol. The third kappa shape index (κ3) is 6.18. The van der Waals surface area contributed by atoms with Crippen LogP contribution in [0, 0.1) is 17.3 Å². The second-order valence-electron chi connectivity index (χ2n) is 6.06. The molecule has 0 radical (unpaired) electrons. The van der Waals surface area contributed by atoms with E-state index in [9.17, 15) is 4.39 Å². The molecule has 1 heteroatoms. The van der Waals surface area contributed by atoms with Gasteiger partial charge in [0, 0.05) is 0 Å². The first-order valence-corrected chi connectivity index (χ1v) is 6.96. The minimum absolute atomic E-state index is 0.118. The van der Waals surface area contributed by atoms with Gasteiger partial charge in [-0.25, -0.2) is 4.39 Å². The van der Waals surface area contributed by atoms with Gasteiger partial charge in [0.05, 0.1) is 0 Å². The lowest BCUT2D eigenvalue weighted by molar-refractivity contribution is 0.403. The Balaban J connectivity index is 4.84. The molecule has 104 valence electrons. The quantitative estimate of drug-likeness (QED) is 0.381. The average molecular weight is 252 g/mol. The zero-order valence-corrected chi connectivity index (χ0v) is 12.9. The third-order valence-electron chi connectivity index (χ3n) is 3.39. The lowest BCUT2D eigenvalue weighted by atomic mass is 9.82. The zero-order valence-electron chi connectivity index (χ0n) is 12.9. The molecule has 0 saturated carbocycles. The molecular formula is C17H29F. The van der Waals surface area contributed by atoms with Gasteiger partial charge >= 0.3 is 0 Å². The minimum Gasteiger partial charge on any atom is -0.207 e. The van der Waals surface area contributed by atoms with Gasteiger partial charge in [-0.1, -0.05) is 60.3 Å². The van der Waals surface area contributed by atoms with Gasteiger partial charge in [0.15, 0.2) is 0 Å². The second-order valence-corrected chi connectivity index (χ2v) is 6.06. The van der Waals surface area contributed by atoms with Crippen LogP contribution < -0.4 is 0 Å². The maximum absolute atomic E-state index is 14.1. The summed E-state index contributed by atoms with van der Waals surface area (Å²) in [5, 5.41) is 0. The van der Waals surface area contributed by atoms with Crippen LogP contribution in [-0.2, 0) is 0 Å². The van der Waals surface area contributed by atoms with E-state index in [0.717, 1.165) is 12.8 Å². The van der Waals surface area contributed by atoms with Gasteiger partial charge in [-0.2, -0.15) is 0 Å². The van der Waals surface area contributed by atoms with Crippen LogP contribution in [0.15, 0.2) is 36.2 Å². The molecule has 0 saturated heterocycles. The Morgan fingerprint density at radius 1 is 1.28 bits per heavy atom. The molecule has 0 N–H and O–H groups in total. The fourth-order valence-corrected chi connectivity index (χ4v) is 1.59. The van der Waals surface area contributed by atoms with Crippen molar-refractivity contribution in [1.29, 1.82) is 0 Å². The van der Waals surface area contributed by atoms with Crippen molar-refractivity contribution in [1.82, 2.24) is 0 Å². The first-order chi connectivity index (χ1) is 8.22. The van der Waals surface area contributed by atoms with Crippen molar-refractivity contribution >= 4 is 0 Å². The Morgan fingerprint density at radius 3 is 2.22 bits per heavy atom. The van der Waals surface area contributed by atoms with Crippen molar-refractivity contribution in [2.45, 2.75) is 54.4 Å². The number of hydrogen-bond acceptors (Lipinski definition) is 0. The average Bonchev–Trinajstić information content (AvgIpc) is 2.27. The summed E-state index contributed by atoms with van der Waals surface area (Å²) in [7, 11) is 0. The molecule has 0 nitrogen and oxygen atoms in total. The molecule has 0 aromatic heterocycles. The molecule has 0 aliphatic carbocycles. The van der Waals surface area contributed by atoms with Gasteiger partial charge < -0.3 is 0 Å². The fourth-order valence-electron chi connectivity index (χ4n) is 1.59. The van der Waals surface area contributed by atoms with Crippen molar-refractivity contribution in [3.63, 3.8) is 0 Å². The van der Waals surface area contributed by atoms with E-state index in [-0.39, 0.29) is 17.2 Å². The van der Waals surface area contributed by atoms with E-state index in [4.69, 9.17) is 0 Å². The van der Waals surface area contributed by atoms with E-state index >= 15 is 0 Å². The van der Waals surface area contributed by atoms with E-state index in [0.29, 0.717) is 11.5 Å². The third-order valence-corrected chi connectivity index (χ3v) is 3.39. The number of allylic oxidation sites excluding steroid dienone is 5. The smallest absolute Gasteiger partial charge is 0.122 e. The van der Waals surface area contributed by atoms with Crippen LogP contribution in [0.2, 0.25) is 0 Å². The summed E-state index contributed by atoms with van der Waals surface area (Å²) in [6.07, 6.45) is 7.89. The highest BCUT2D eigenvalue weighted by Gasteiger charge is 2.20. The summed E-state index contributed by atoms with van der Waals surface area (Å²) < 4.78 is 14.1. The molecule has 1 unspecified atom stereocenters. The van der Waals surface area contributed by atoms with Gasteiger partial charge in [0.2, 0.25) is 0 Å². The number of hydrogen-bond donors (Lipinski definition) is 0. The van der Waals surface area contributed by atoms with E-state index in [1.165, 1.54) is 0 Å². The first kappa shape index (κ1) is 17.2. The van der Waals surface area contributed by atoms with Gasteiger partial charge in [-0.3, -0.25) is 0 Å². The Hall–Kier alpha value is -0.850. The molecule has 18 heavy (non-hydrogen) atoms. The largest absolute Gasteiger partial charge is 0.207 e. The summed E-state index contributed by atoms with van der Waals surface area (Å²) in [6.45, 7) is 16.3. The van der Waals surface area contributed by atoms with Crippen LogP contribution in [0.4, 0.5) is 4.39 Å². The highest BCUT2D eigenvalue weighted by Crippen LogP contribution is 2.32. The summed E-state index contributed by atoms with van der Waals surface area (Å²) in [4.78, 5) is 0. The lowest BCUT2D eigenvalue weighted by Gasteiger charge is -2.23. The Kier molecular flexibility index (Phi) is 7.20. The molecule has 0 amide bonds. The van der Waals surface area contributed by atoms with Gasteiger partial charge in [-0.15, -0.1) is 0 Å². The second kappa shape index (κ2) is 7.56. The summed E-state index contributed by atoms with van der Waals surface area (Å²) in [5.74, 6) is 0.562. The Morgan fingerprint density at radius 2 is 1.83 bits per heavy atom. The van der Waals surface area contributed by atoms with Gasteiger partial charge in [0.1, 0.15) is 5.83 Å². The number of halogens is 1. The van der Waals surface area contributed by atoms with Crippen LogP contribution in [-0.4, -0.2) is 0 Å². The van der Waals surface area contributed by atoms with Crippen molar-refractivity contribution in [3.05, 3.63) is 36.2 Å². The predicted octanol–water partition coefficient (Wildman–Crippen LogP) is 6.07. The van der Waals surface area contributed by atoms with E-state index in [1.54, 1.807) is 6.08 Å². The standard InChI is InChI=1S/C17H29F/c1-8-17(7,11-9-10-13(2)3)12-16(18)15(6)14(4)5/h9-10,12-14H,6,8,11H2,1-5,7H3/b10-9?,16-12+. The summed E-state index contributed by atoms with van der Waals surface area (Å²) >= 11 is 0. The highest BCUT2D eigenvalue weighted by molar-refractivity contribution is 5.25. The first-order valence-electron chi connectivity index (χ1n) is 6.96. The molecule has 0 fully saturated rings. The lowest BCUT2D eigenvalue weighted by Crippen LogP contribution is -2.12. The van der Waals surface area contributed by atoms with E-state index in [1.807, 2.05) is 13.8 Å². The molecule has 1 atom stereocenters.